The molecular formula is C21H24N2O4. The van der Waals surface area contributed by atoms with Crippen molar-refractivity contribution in [1.82, 2.24) is 0 Å². The van der Waals surface area contributed by atoms with Gasteiger partial charge >= 0.3 is 0 Å². The number of nitrogens with one attached hydrogen (secondary N) is 1. The molecule has 0 aliphatic carbocycles. The van der Waals surface area contributed by atoms with Gasteiger partial charge < -0.3 is 19.7 Å². The predicted molar refractivity (Wildman–Crippen MR) is 105 cm³/mol. The van der Waals surface area contributed by atoms with Crippen LogP contribution < -0.4 is 19.7 Å². The molecule has 142 valence electrons. The van der Waals surface area contributed by atoms with Crippen LogP contribution in [0.25, 0.3) is 0 Å². The van der Waals surface area contributed by atoms with E-state index in [-0.39, 0.29) is 18.4 Å². The van der Waals surface area contributed by atoms with E-state index < -0.39 is 5.41 Å². The Kier molecular flexibility index (Phi) is 5.08. The number of nitrogens with zero attached hydrogens (tertiary/aromatic N) is 1. The molecular weight excluding hydrogens is 344 g/mol. The van der Waals surface area contributed by atoms with Crippen LogP contribution in [0.1, 0.15) is 31.1 Å². The van der Waals surface area contributed by atoms with Crippen molar-refractivity contribution in [1.29, 1.82) is 0 Å². The minimum absolute atomic E-state index is 0.0266. The molecule has 1 aliphatic heterocycles. The van der Waals surface area contributed by atoms with E-state index in [9.17, 15) is 9.59 Å². The lowest BCUT2D eigenvalue weighted by molar-refractivity contribution is -0.127. The molecule has 1 heterocycles. The van der Waals surface area contributed by atoms with E-state index in [0.717, 1.165) is 5.69 Å². The van der Waals surface area contributed by atoms with E-state index in [0.29, 0.717) is 29.3 Å². The number of methoxy groups -OCH3 is 1. The zero-order valence-corrected chi connectivity index (χ0v) is 16.0. The predicted octanol–water partition coefficient (Wildman–Crippen LogP) is 3.72. The van der Waals surface area contributed by atoms with Crippen molar-refractivity contribution in [2.24, 2.45) is 5.41 Å². The molecule has 1 N–H and O–H groups in total. The summed E-state index contributed by atoms with van der Waals surface area (Å²) in [7, 11) is 1.58. The van der Waals surface area contributed by atoms with Gasteiger partial charge in [-0.15, -0.1) is 0 Å². The highest BCUT2D eigenvalue weighted by molar-refractivity contribution is 6.05. The minimum Gasteiger partial charge on any atom is -0.497 e. The van der Waals surface area contributed by atoms with E-state index in [4.69, 9.17) is 9.47 Å². The van der Waals surface area contributed by atoms with Gasteiger partial charge in [-0.05, 0) is 57.2 Å². The Morgan fingerprint density at radius 1 is 1.22 bits per heavy atom. The minimum atomic E-state index is -0.610. The van der Waals surface area contributed by atoms with Crippen molar-refractivity contribution >= 4 is 23.2 Å². The van der Waals surface area contributed by atoms with Crippen LogP contribution in [0.2, 0.25) is 0 Å². The second-order valence-corrected chi connectivity index (χ2v) is 7.09. The van der Waals surface area contributed by atoms with Crippen LogP contribution in [0.15, 0.2) is 42.5 Å². The number of benzene rings is 2. The summed E-state index contributed by atoms with van der Waals surface area (Å²) in [6, 6.07) is 12.2. The Morgan fingerprint density at radius 3 is 2.56 bits per heavy atom. The zero-order valence-electron chi connectivity index (χ0n) is 16.0. The third kappa shape index (κ3) is 3.74. The molecule has 0 bridgehead atoms. The highest BCUT2D eigenvalue weighted by atomic mass is 16.5. The third-order valence-corrected chi connectivity index (χ3v) is 4.59. The summed E-state index contributed by atoms with van der Waals surface area (Å²) in [5.74, 6) is 1.08. The molecule has 0 fully saturated rings. The first kappa shape index (κ1) is 18.8. The second kappa shape index (κ2) is 7.31. The Balaban J connectivity index is 1.84. The first-order valence-corrected chi connectivity index (χ1v) is 8.90. The number of fused-ring (bicyclic) bond motifs is 1. The molecule has 1 aliphatic rings. The number of anilines is 2. The van der Waals surface area contributed by atoms with Crippen LogP contribution >= 0.6 is 0 Å². The van der Waals surface area contributed by atoms with Crippen molar-refractivity contribution in [2.45, 2.75) is 20.8 Å². The highest BCUT2D eigenvalue weighted by Gasteiger charge is 2.37. The molecule has 0 radical (unpaired) electrons. The molecule has 0 spiro atoms. The summed E-state index contributed by atoms with van der Waals surface area (Å²) in [6.07, 6.45) is 0. The van der Waals surface area contributed by atoms with Gasteiger partial charge in [0.1, 0.15) is 18.1 Å². The summed E-state index contributed by atoms with van der Waals surface area (Å²) < 4.78 is 11.0. The summed E-state index contributed by atoms with van der Waals surface area (Å²) in [5.41, 5.74) is 1.24. The van der Waals surface area contributed by atoms with Crippen molar-refractivity contribution in [3.8, 4) is 11.5 Å². The van der Waals surface area contributed by atoms with E-state index in [1.54, 1.807) is 48.4 Å². The van der Waals surface area contributed by atoms with Crippen LogP contribution in [0.3, 0.4) is 0 Å². The fourth-order valence-electron chi connectivity index (χ4n) is 2.98. The molecule has 0 saturated carbocycles. The van der Waals surface area contributed by atoms with E-state index in [1.807, 2.05) is 26.8 Å². The number of amides is 2. The SMILES string of the molecule is CCN1C(=O)C(C)(C)COc2cc(NC(=O)c3ccc(OC)cc3)ccc21. The molecule has 0 atom stereocenters. The lowest BCUT2D eigenvalue weighted by Gasteiger charge is -2.26. The molecule has 3 rings (SSSR count). The van der Waals surface area contributed by atoms with Gasteiger partial charge in [0, 0.05) is 23.9 Å². The van der Waals surface area contributed by atoms with Crippen LogP contribution in [-0.4, -0.2) is 32.1 Å². The molecule has 0 saturated heterocycles. The highest BCUT2D eigenvalue weighted by Crippen LogP contribution is 2.38. The maximum absolute atomic E-state index is 12.7. The third-order valence-electron chi connectivity index (χ3n) is 4.59. The van der Waals surface area contributed by atoms with Crippen molar-refractivity contribution in [2.75, 3.05) is 30.5 Å². The fraction of sp³-hybridized carbons (Fsp3) is 0.333. The molecule has 0 unspecified atom stereocenters. The van der Waals surface area contributed by atoms with E-state index >= 15 is 0 Å². The topological polar surface area (TPSA) is 67.9 Å². The summed E-state index contributed by atoms with van der Waals surface area (Å²) in [6.45, 7) is 6.51. The molecule has 0 aromatic heterocycles. The number of ether oxygens (including phenoxy) is 2. The number of carbonyl (C=O) groups is 2. The molecule has 27 heavy (non-hydrogen) atoms. The van der Waals surface area contributed by atoms with E-state index in [2.05, 4.69) is 5.32 Å². The maximum Gasteiger partial charge on any atom is 0.255 e. The number of hydrogen-bond acceptors (Lipinski definition) is 4. The van der Waals surface area contributed by atoms with Gasteiger partial charge in [-0.2, -0.15) is 0 Å². The fourth-order valence-corrected chi connectivity index (χ4v) is 2.98. The van der Waals surface area contributed by atoms with Gasteiger partial charge in [-0.3, -0.25) is 9.59 Å². The van der Waals surface area contributed by atoms with Gasteiger partial charge in [0.15, 0.2) is 0 Å². The first-order chi connectivity index (χ1) is 12.9. The monoisotopic (exact) mass is 368 g/mol. The Hall–Kier alpha value is -3.02. The van der Waals surface area contributed by atoms with E-state index in [1.165, 1.54) is 0 Å². The summed E-state index contributed by atoms with van der Waals surface area (Å²) >= 11 is 0. The Bertz CT molecular complexity index is 859. The largest absolute Gasteiger partial charge is 0.497 e. The standard InChI is InChI=1S/C21H24N2O4/c1-5-23-17-11-8-15(12-18(17)27-13-21(2,3)20(23)25)22-19(24)14-6-9-16(26-4)10-7-14/h6-12H,5,13H2,1-4H3,(H,22,24). The Morgan fingerprint density at radius 2 is 1.93 bits per heavy atom. The van der Waals surface area contributed by atoms with Crippen molar-refractivity contribution < 1.29 is 19.1 Å². The maximum atomic E-state index is 12.7. The average molecular weight is 368 g/mol. The quantitative estimate of drug-likeness (QED) is 0.893. The number of carbonyl (C=O) groups excluding carboxylic acids is 2. The van der Waals surface area contributed by atoms with Crippen LogP contribution in [-0.2, 0) is 4.79 Å². The smallest absolute Gasteiger partial charge is 0.255 e. The molecule has 2 aromatic rings. The van der Waals surface area contributed by atoms with Gasteiger partial charge in [0.2, 0.25) is 5.91 Å². The van der Waals surface area contributed by atoms with Crippen LogP contribution in [0.5, 0.6) is 11.5 Å². The van der Waals surface area contributed by atoms with Gasteiger partial charge in [0.05, 0.1) is 18.2 Å². The van der Waals surface area contributed by atoms with Crippen molar-refractivity contribution in [3.63, 3.8) is 0 Å². The molecule has 6 heteroatoms. The average Bonchev–Trinajstić information content (AvgIpc) is 2.76. The van der Waals surface area contributed by atoms with Crippen LogP contribution in [0.4, 0.5) is 11.4 Å². The molecule has 6 nitrogen and oxygen atoms in total. The lowest BCUT2D eigenvalue weighted by Crippen LogP contribution is -2.42. The molecule has 2 aromatic carbocycles. The summed E-state index contributed by atoms with van der Waals surface area (Å²) in [5, 5.41) is 2.87. The number of hydrogen-bond donors (Lipinski definition) is 1. The number of rotatable bonds is 4. The van der Waals surface area contributed by atoms with Crippen molar-refractivity contribution in [3.05, 3.63) is 48.0 Å². The van der Waals surface area contributed by atoms with Gasteiger partial charge in [-0.1, -0.05) is 0 Å². The zero-order chi connectivity index (χ0) is 19.6. The van der Waals surface area contributed by atoms with Gasteiger partial charge in [-0.25, -0.2) is 0 Å². The van der Waals surface area contributed by atoms with Crippen LogP contribution in [0, 0.1) is 5.41 Å². The molecule has 2 amide bonds. The first-order valence-electron chi connectivity index (χ1n) is 8.90. The lowest BCUT2D eigenvalue weighted by atomic mass is 9.93. The van der Waals surface area contributed by atoms with Gasteiger partial charge in [0.25, 0.3) is 5.91 Å². The Labute approximate surface area is 159 Å². The normalized spacial score (nSPS) is 15.4. The summed E-state index contributed by atoms with van der Waals surface area (Å²) in [4.78, 5) is 26.9. The second-order valence-electron chi connectivity index (χ2n) is 7.09.